The van der Waals surface area contributed by atoms with E-state index in [1.807, 2.05) is 36.9 Å². The molecule has 0 fully saturated rings. The third kappa shape index (κ3) is 1.58. The largest absolute Gasteiger partial charge is 0.357 e. The molecule has 6 nitrogen and oxygen atoms in total. The van der Waals surface area contributed by atoms with Crippen molar-refractivity contribution in [2.45, 2.75) is 0 Å². The van der Waals surface area contributed by atoms with Gasteiger partial charge in [-0.15, -0.1) is 10.2 Å². The van der Waals surface area contributed by atoms with Crippen molar-refractivity contribution in [2.75, 3.05) is 12.4 Å². The summed E-state index contributed by atoms with van der Waals surface area (Å²) in [6.45, 7) is 0. The van der Waals surface area contributed by atoms with E-state index in [4.69, 9.17) is 0 Å². The number of aromatic nitrogens is 5. The number of rotatable bonds is 2. The van der Waals surface area contributed by atoms with Crippen molar-refractivity contribution in [3.8, 4) is 11.4 Å². The van der Waals surface area contributed by atoms with Crippen molar-refractivity contribution in [1.29, 1.82) is 0 Å². The SMILES string of the molecule is CNc1nnc(-c2ccc3nccnc3c2)n1C. The first-order chi connectivity index (χ1) is 8.79. The first-order valence-electron chi connectivity index (χ1n) is 5.58. The van der Waals surface area contributed by atoms with Crippen LogP contribution >= 0.6 is 0 Å². The molecule has 0 aliphatic rings. The molecule has 2 aromatic heterocycles. The molecule has 0 unspecified atom stereocenters. The molecule has 0 aliphatic carbocycles. The molecule has 1 N–H and O–H groups in total. The van der Waals surface area contributed by atoms with Gasteiger partial charge in [-0.3, -0.25) is 14.5 Å². The maximum Gasteiger partial charge on any atom is 0.224 e. The molecular weight excluding hydrogens is 228 g/mol. The Kier molecular flexibility index (Phi) is 2.40. The zero-order valence-electron chi connectivity index (χ0n) is 10.1. The summed E-state index contributed by atoms with van der Waals surface area (Å²) < 4.78 is 1.90. The second-order valence-electron chi connectivity index (χ2n) is 3.92. The molecule has 2 heterocycles. The smallest absolute Gasteiger partial charge is 0.224 e. The van der Waals surface area contributed by atoms with Crippen LogP contribution in [0, 0.1) is 0 Å². The van der Waals surface area contributed by atoms with Gasteiger partial charge >= 0.3 is 0 Å². The average Bonchev–Trinajstić information content (AvgIpc) is 2.79. The normalized spacial score (nSPS) is 10.8. The highest BCUT2D eigenvalue weighted by Gasteiger charge is 2.10. The first kappa shape index (κ1) is 10.6. The standard InChI is InChI=1S/C12H12N6/c1-13-12-17-16-11(18(12)2)8-3-4-9-10(7-8)15-6-5-14-9/h3-7H,1-2H3,(H,13,17). The fraction of sp³-hybridized carbons (Fsp3) is 0.167. The summed E-state index contributed by atoms with van der Waals surface area (Å²) in [7, 11) is 3.74. The van der Waals surface area contributed by atoms with Crippen LogP contribution in [0.5, 0.6) is 0 Å². The third-order valence-electron chi connectivity index (χ3n) is 2.83. The van der Waals surface area contributed by atoms with Gasteiger partial charge in [0.05, 0.1) is 11.0 Å². The predicted octanol–water partition coefficient (Wildman–Crippen LogP) is 1.47. The number of anilines is 1. The number of fused-ring (bicyclic) bond motifs is 1. The fourth-order valence-corrected chi connectivity index (χ4v) is 1.90. The summed E-state index contributed by atoms with van der Waals surface area (Å²) in [5.41, 5.74) is 2.70. The molecule has 0 aliphatic heterocycles. The lowest BCUT2D eigenvalue weighted by molar-refractivity contribution is 0.925. The van der Waals surface area contributed by atoms with E-state index in [2.05, 4.69) is 25.5 Å². The molecule has 3 aromatic rings. The van der Waals surface area contributed by atoms with Crippen molar-refractivity contribution in [1.82, 2.24) is 24.7 Å². The van der Waals surface area contributed by atoms with Crippen LogP contribution in [0.2, 0.25) is 0 Å². The van der Waals surface area contributed by atoms with Crippen LogP contribution in [0.25, 0.3) is 22.4 Å². The second kappa shape index (κ2) is 4.06. The Hall–Kier alpha value is -2.50. The molecular formula is C12H12N6. The van der Waals surface area contributed by atoms with E-state index in [1.54, 1.807) is 12.4 Å². The molecule has 0 atom stereocenters. The minimum atomic E-state index is 0.726. The number of nitrogens with zero attached hydrogens (tertiary/aromatic N) is 5. The van der Waals surface area contributed by atoms with Crippen LogP contribution in [0.15, 0.2) is 30.6 Å². The van der Waals surface area contributed by atoms with Crippen molar-refractivity contribution < 1.29 is 0 Å². The highest BCUT2D eigenvalue weighted by atomic mass is 15.3. The van der Waals surface area contributed by atoms with Gasteiger partial charge in [0.2, 0.25) is 5.95 Å². The third-order valence-corrected chi connectivity index (χ3v) is 2.83. The first-order valence-corrected chi connectivity index (χ1v) is 5.58. The Morgan fingerprint density at radius 1 is 1.06 bits per heavy atom. The zero-order valence-corrected chi connectivity index (χ0v) is 10.1. The van der Waals surface area contributed by atoms with Gasteiger partial charge in [-0.25, -0.2) is 0 Å². The number of hydrogen-bond acceptors (Lipinski definition) is 5. The Bertz CT molecular complexity index is 703. The van der Waals surface area contributed by atoms with E-state index in [0.717, 1.165) is 28.4 Å². The lowest BCUT2D eigenvalue weighted by atomic mass is 10.2. The molecule has 0 bridgehead atoms. The minimum absolute atomic E-state index is 0.726. The summed E-state index contributed by atoms with van der Waals surface area (Å²) >= 11 is 0. The van der Waals surface area contributed by atoms with Gasteiger partial charge in [-0.1, -0.05) is 0 Å². The van der Waals surface area contributed by atoms with Gasteiger partial charge in [0.15, 0.2) is 5.82 Å². The van der Waals surface area contributed by atoms with Crippen LogP contribution in [-0.2, 0) is 7.05 Å². The fourth-order valence-electron chi connectivity index (χ4n) is 1.90. The van der Waals surface area contributed by atoms with Gasteiger partial charge in [0.1, 0.15) is 0 Å². The van der Waals surface area contributed by atoms with E-state index in [-0.39, 0.29) is 0 Å². The van der Waals surface area contributed by atoms with Crippen LogP contribution < -0.4 is 5.32 Å². The van der Waals surface area contributed by atoms with Crippen LogP contribution in [0.3, 0.4) is 0 Å². The highest BCUT2D eigenvalue weighted by Crippen LogP contribution is 2.21. The molecule has 1 aromatic carbocycles. The van der Waals surface area contributed by atoms with Gasteiger partial charge in [0, 0.05) is 32.1 Å². The van der Waals surface area contributed by atoms with E-state index in [1.165, 1.54) is 0 Å². The lowest BCUT2D eigenvalue weighted by Crippen LogP contribution is -1.99. The number of benzene rings is 1. The summed E-state index contributed by atoms with van der Waals surface area (Å²) in [4.78, 5) is 8.53. The molecule has 6 heteroatoms. The Balaban J connectivity index is 2.16. The van der Waals surface area contributed by atoms with Crippen molar-refractivity contribution >= 4 is 17.0 Å². The molecule has 90 valence electrons. The Morgan fingerprint density at radius 2 is 1.83 bits per heavy atom. The lowest BCUT2D eigenvalue weighted by Gasteiger charge is -2.04. The number of nitrogens with one attached hydrogen (secondary N) is 1. The quantitative estimate of drug-likeness (QED) is 0.734. The Labute approximate surface area is 104 Å². The summed E-state index contributed by atoms with van der Waals surface area (Å²) in [6.07, 6.45) is 3.37. The van der Waals surface area contributed by atoms with E-state index in [9.17, 15) is 0 Å². The minimum Gasteiger partial charge on any atom is -0.357 e. The topological polar surface area (TPSA) is 68.5 Å². The van der Waals surface area contributed by atoms with E-state index in [0.29, 0.717) is 0 Å². The molecule has 18 heavy (non-hydrogen) atoms. The zero-order chi connectivity index (χ0) is 12.5. The maximum absolute atomic E-state index is 4.29. The van der Waals surface area contributed by atoms with Crippen LogP contribution in [0.1, 0.15) is 0 Å². The molecule has 0 spiro atoms. The summed E-state index contributed by atoms with van der Waals surface area (Å²) in [6, 6.07) is 5.87. The van der Waals surface area contributed by atoms with E-state index < -0.39 is 0 Å². The molecule has 3 rings (SSSR count). The maximum atomic E-state index is 4.29. The van der Waals surface area contributed by atoms with Gasteiger partial charge < -0.3 is 5.32 Å². The highest BCUT2D eigenvalue weighted by molar-refractivity contribution is 5.79. The van der Waals surface area contributed by atoms with Gasteiger partial charge in [-0.2, -0.15) is 0 Å². The summed E-state index contributed by atoms with van der Waals surface area (Å²) in [5, 5.41) is 11.2. The monoisotopic (exact) mass is 240 g/mol. The summed E-state index contributed by atoms with van der Waals surface area (Å²) in [5.74, 6) is 1.52. The predicted molar refractivity (Wildman–Crippen MR) is 69.1 cm³/mol. The molecule has 0 amide bonds. The number of hydrogen-bond donors (Lipinski definition) is 1. The second-order valence-corrected chi connectivity index (χ2v) is 3.92. The Morgan fingerprint density at radius 3 is 2.56 bits per heavy atom. The average molecular weight is 240 g/mol. The van der Waals surface area contributed by atoms with Gasteiger partial charge in [-0.05, 0) is 18.2 Å². The molecule has 0 radical (unpaired) electrons. The molecule has 0 saturated carbocycles. The van der Waals surface area contributed by atoms with E-state index >= 15 is 0 Å². The molecule has 0 saturated heterocycles. The van der Waals surface area contributed by atoms with Crippen molar-refractivity contribution in [3.05, 3.63) is 30.6 Å². The van der Waals surface area contributed by atoms with Crippen LogP contribution in [-0.4, -0.2) is 31.8 Å². The van der Waals surface area contributed by atoms with Gasteiger partial charge in [0.25, 0.3) is 0 Å². The van der Waals surface area contributed by atoms with Crippen LogP contribution in [0.4, 0.5) is 5.95 Å². The van der Waals surface area contributed by atoms with Crippen molar-refractivity contribution in [2.24, 2.45) is 7.05 Å². The van der Waals surface area contributed by atoms with Crippen molar-refractivity contribution in [3.63, 3.8) is 0 Å².